The van der Waals surface area contributed by atoms with Gasteiger partial charge in [0.1, 0.15) is 0 Å². The largest absolute Gasteiger partial charge is 0.398 e. The van der Waals surface area contributed by atoms with Crippen molar-refractivity contribution < 1.29 is 5.11 Å². The van der Waals surface area contributed by atoms with Crippen LogP contribution in [0.3, 0.4) is 0 Å². The van der Waals surface area contributed by atoms with Crippen molar-refractivity contribution in [2.24, 2.45) is 0 Å². The number of thiophene rings is 1. The Morgan fingerprint density at radius 1 is 1.78 bits per heavy atom. The molecule has 0 saturated heterocycles. The van der Waals surface area contributed by atoms with Gasteiger partial charge in [0.15, 0.2) is 0 Å². The van der Waals surface area contributed by atoms with E-state index in [9.17, 15) is 0 Å². The maximum absolute atomic E-state index is 8.63. The molecule has 1 aromatic rings. The van der Waals surface area contributed by atoms with E-state index in [0.717, 1.165) is 15.4 Å². The van der Waals surface area contributed by atoms with Crippen LogP contribution in [-0.2, 0) is 6.61 Å². The highest BCUT2D eigenvalue weighted by Crippen LogP contribution is 2.22. The summed E-state index contributed by atoms with van der Waals surface area (Å²) in [5.74, 6) is 0. The molecule has 0 amide bonds. The number of rotatable bonds is 1. The average Bonchev–Trinajstić information content (AvgIpc) is 2.13. The predicted octanol–water partition coefficient (Wildman–Crippen LogP) is 1.13. The monoisotopic (exact) mass is 143 g/mol. The number of aliphatic hydroxyl groups is 1. The van der Waals surface area contributed by atoms with Gasteiger partial charge in [0, 0.05) is 15.4 Å². The lowest BCUT2D eigenvalue weighted by Gasteiger charge is -1.81. The van der Waals surface area contributed by atoms with E-state index in [0.29, 0.717) is 0 Å². The minimum absolute atomic E-state index is 0.0999. The van der Waals surface area contributed by atoms with Crippen molar-refractivity contribution in [1.29, 1.82) is 0 Å². The number of hydrogen-bond acceptors (Lipinski definition) is 3. The van der Waals surface area contributed by atoms with E-state index >= 15 is 0 Å². The Bertz CT molecular complexity index is 187. The Morgan fingerprint density at radius 3 is 2.67 bits per heavy atom. The van der Waals surface area contributed by atoms with E-state index in [1.807, 2.05) is 6.92 Å². The highest BCUT2D eigenvalue weighted by Gasteiger charge is 1.98. The fourth-order valence-electron chi connectivity index (χ4n) is 0.638. The molecule has 9 heavy (non-hydrogen) atoms. The van der Waals surface area contributed by atoms with Crippen LogP contribution in [-0.4, -0.2) is 5.11 Å². The summed E-state index contributed by atoms with van der Waals surface area (Å²) in [6, 6.07) is 1.81. The van der Waals surface area contributed by atoms with Gasteiger partial charge in [-0.15, -0.1) is 11.3 Å². The third kappa shape index (κ3) is 1.23. The SMILES string of the molecule is Cc1sc(CO)cc1N. The molecule has 50 valence electrons. The Hall–Kier alpha value is -0.540. The maximum atomic E-state index is 8.63. The highest BCUT2D eigenvalue weighted by atomic mass is 32.1. The minimum atomic E-state index is 0.0999. The van der Waals surface area contributed by atoms with E-state index in [-0.39, 0.29) is 6.61 Å². The molecule has 0 unspecified atom stereocenters. The number of hydrogen-bond donors (Lipinski definition) is 2. The van der Waals surface area contributed by atoms with Gasteiger partial charge in [-0.2, -0.15) is 0 Å². The van der Waals surface area contributed by atoms with Crippen LogP contribution in [0.25, 0.3) is 0 Å². The molecule has 0 radical (unpaired) electrons. The molecule has 0 aliphatic rings. The van der Waals surface area contributed by atoms with Gasteiger partial charge in [0.2, 0.25) is 0 Å². The Labute approximate surface area is 57.9 Å². The Morgan fingerprint density at radius 2 is 2.44 bits per heavy atom. The molecular weight excluding hydrogens is 134 g/mol. The first-order valence-corrected chi connectivity index (χ1v) is 3.51. The number of nitrogens with two attached hydrogens (primary N) is 1. The zero-order valence-corrected chi connectivity index (χ0v) is 6.03. The number of nitrogen functional groups attached to an aromatic ring is 1. The van der Waals surface area contributed by atoms with Crippen molar-refractivity contribution in [2.45, 2.75) is 13.5 Å². The van der Waals surface area contributed by atoms with Crippen LogP contribution in [0.2, 0.25) is 0 Å². The molecule has 1 rings (SSSR count). The van der Waals surface area contributed by atoms with Crippen LogP contribution in [0.1, 0.15) is 9.75 Å². The Kier molecular flexibility index (Phi) is 1.73. The summed E-state index contributed by atoms with van der Waals surface area (Å²) >= 11 is 1.54. The third-order valence-corrected chi connectivity index (χ3v) is 2.21. The van der Waals surface area contributed by atoms with Crippen molar-refractivity contribution >= 4 is 17.0 Å². The number of aliphatic hydroxyl groups excluding tert-OH is 1. The van der Waals surface area contributed by atoms with Gasteiger partial charge >= 0.3 is 0 Å². The third-order valence-electron chi connectivity index (χ3n) is 1.16. The van der Waals surface area contributed by atoms with Crippen LogP contribution in [0.4, 0.5) is 5.69 Å². The number of anilines is 1. The van der Waals surface area contributed by atoms with Crippen LogP contribution in [0.15, 0.2) is 6.07 Å². The van der Waals surface area contributed by atoms with Crippen LogP contribution >= 0.6 is 11.3 Å². The molecule has 1 aromatic heterocycles. The zero-order chi connectivity index (χ0) is 6.85. The molecule has 0 bridgehead atoms. The maximum Gasteiger partial charge on any atom is 0.0775 e. The zero-order valence-electron chi connectivity index (χ0n) is 5.22. The molecule has 0 aliphatic heterocycles. The van der Waals surface area contributed by atoms with Gasteiger partial charge in [-0.05, 0) is 13.0 Å². The first kappa shape index (κ1) is 6.58. The molecule has 0 fully saturated rings. The summed E-state index contributed by atoms with van der Waals surface area (Å²) in [6.45, 7) is 2.04. The lowest BCUT2D eigenvalue weighted by Crippen LogP contribution is -1.80. The molecule has 0 aliphatic carbocycles. The second-order valence-corrected chi connectivity index (χ2v) is 3.22. The van der Waals surface area contributed by atoms with Gasteiger partial charge in [-0.3, -0.25) is 0 Å². The molecule has 0 spiro atoms. The van der Waals surface area contributed by atoms with Gasteiger partial charge in [-0.25, -0.2) is 0 Å². The van der Waals surface area contributed by atoms with Gasteiger partial charge in [0.25, 0.3) is 0 Å². The van der Waals surface area contributed by atoms with E-state index in [4.69, 9.17) is 10.8 Å². The molecule has 0 atom stereocenters. The second kappa shape index (κ2) is 2.37. The Balaban J connectivity index is 2.98. The van der Waals surface area contributed by atoms with Gasteiger partial charge < -0.3 is 10.8 Å². The van der Waals surface area contributed by atoms with E-state index < -0.39 is 0 Å². The van der Waals surface area contributed by atoms with Crippen LogP contribution in [0.5, 0.6) is 0 Å². The summed E-state index contributed by atoms with van der Waals surface area (Å²) in [5, 5.41) is 8.63. The van der Waals surface area contributed by atoms with Gasteiger partial charge in [0.05, 0.1) is 6.61 Å². The van der Waals surface area contributed by atoms with Crippen molar-refractivity contribution in [3.8, 4) is 0 Å². The summed E-state index contributed by atoms with van der Waals surface area (Å²) < 4.78 is 0. The van der Waals surface area contributed by atoms with E-state index in [2.05, 4.69) is 0 Å². The second-order valence-electron chi connectivity index (χ2n) is 1.88. The van der Waals surface area contributed by atoms with Crippen LogP contribution in [0, 0.1) is 6.92 Å². The van der Waals surface area contributed by atoms with Crippen molar-refractivity contribution in [3.63, 3.8) is 0 Å². The van der Waals surface area contributed by atoms with Crippen molar-refractivity contribution in [1.82, 2.24) is 0 Å². The smallest absolute Gasteiger partial charge is 0.0775 e. The average molecular weight is 143 g/mol. The van der Waals surface area contributed by atoms with Crippen molar-refractivity contribution in [3.05, 3.63) is 15.8 Å². The molecule has 1 heterocycles. The predicted molar refractivity (Wildman–Crippen MR) is 39.4 cm³/mol. The first-order chi connectivity index (χ1) is 4.24. The lowest BCUT2D eigenvalue weighted by atomic mass is 10.4. The van der Waals surface area contributed by atoms with Crippen molar-refractivity contribution in [2.75, 3.05) is 5.73 Å². The highest BCUT2D eigenvalue weighted by molar-refractivity contribution is 7.12. The van der Waals surface area contributed by atoms with E-state index in [1.165, 1.54) is 11.3 Å². The minimum Gasteiger partial charge on any atom is -0.398 e. The molecule has 0 aromatic carbocycles. The molecule has 3 N–H and O–H groups in total. The molecular formula is C6H9NOS. The summed E-state index contributed by atoms with van der Waals surface area (Å²) in [4.78, 5) is 2.02. The summed E-state index contributed by atoms with van der Waals surface area (Å²) in [6.07, 6.45) is 0. The molecule has 0 saturated carbocycles. The van der Waals surface area contributed by atoms with E-state index in [1.54, 1.807) is 6.07 Å². The lowest BCUT2D eigenvalue weighted by molar-refractivity contribution is 0.285. The fourth-order valence-corrected chi connectivity index (χ4v) is 1.46. The standard InChI is InChI=1S/C6H9NOS/c1-4-6(7)2-5(3-8)9-4/h2,8H,3,7H2,1H3. The first-order valence-electron chi connectivity index (χ1n) is 2.69. The topological polar surface area (TPSA) is 46.2 Å². The fraction of sp³-hybridized carbons (Fsp3) is 0.333. The van der Waals surface area contributed by atoms with Gasteiger partial charge in [-0.1, -0.05) is 0 Å². The molecule has 3 heteroatoms. The summed E-state index contributed by atoms with van der Waals surface area (Å²) in [7, 11) is 0. The van der Waals surface area contributed by atoms with Crippen LogP contribution < -0.4 is 5.73 Å². The summed E-state index contributed by atoms with van der Waals surface area (Å²) in [5.41, 5.74) is 6.30. The quantitative estimate of drug-likeness (QED) is 0.619. The number of aryl methyl sites for hydroxylation is 1. The molecule has 2 nitrogen and oxygen atoms in total. The normalized spacial score (nSPS) is 10.0.